The highest BCUT2D eigenvalue weighted by Gasteiger charge is 2.28. The number of Topliss-reactive ketones (excluding diaryl/α,β-unsaturated/α-hetero) is 1. The monoisotopic (exact) mass is 512 g/mol. The Balaban J connectivity index is 1.59. The number of carbonyl (C=O) groups excluding carboxylic acids is 3. The van der Waals surface area contributed by atoms with Gasteiger partial charge in [0.1, 0.15) is 25.0 Å². The van der Waals surface area contributed by atoms with Crippen molar-refractivity contribution in [2.45, 2.75) is 59.2 Å². The molecule has 2 atom stereocenters. The summed E-state index contributed by atoms with van der Waals surface area (Å²) < 4.78 is 21.6. The van der Waals surface area contributed by atoms with Gasteiger partial charge in [-0.1, -0.05) is 58.0 Å². The summed E-state index contributed by atoms with van der Waals surface area (Å²) in [4.78, 5) is 38.7. The van der Waals surface area contributed by atoms with Crippen molar-refractivity contribution in [1.29, 1.82) is 0 Å². The first-order valence-corrected chi connectivity index (χ1v) is 12.5. The number of benzene rings is 2. The molecule has 0 aromatic heterocycles. The van der Waals surface area contributed by atoms with Crippen LogP contribution in [-0.2, 0) is 20.9 Å². The van der Waals surface area contributed by atoms with Crippen molar-refractivity contribution in [3.63, 3.8) is 0 Å². The van der Waals surface area contributed by atoms with Crippen LogP contribution < -0.4 is 24.8 Å². The van der Waals surface area contributed by atoms with Crippen molar-refractivity contribution in [3.8, 4) is 17.2 Å². The number of rotatable bonds is 13. The summed E-state index contributed by atoms with van der Waals surface area (Å²) in [5.74, 6) is 1.20. The third-order valence-electron chi connectivity index (χ3n) is 5.67. The van der Waals surface area contributed by atoms with E-state index in [0.29, 0.717) is 30.1 Å². The first kappa shape index (κ1) is 27.8. The van der Waals surface area contributed by atoms with Crippen molar-refractivity contribution < 1.29 is 33.3 Å². The van der Waals surface area contributed by atoms with Crippen LogP contribution in [0.5, 0.6) is 17.2 Å². The smallest absolute Gasteiger partial charge is 0.408 e. The fraction of sp³-hybridized carbons (Fsp3) is 0.464. The van der Waals surface area contributed by atoms with Crippen LogP contribution in [0.15, 0.2) is 48.5 Å². The number of alkyl carbamates (subject to hydrolysis) is 1. The minimum atomic E-state index is -0.847. The summed E-state index contributed by atoms with van der Waals surface area (Å²) in [6.07, 6.45) is 0.132. The zero-order valence-electron chi connectivity index (χ0n) is 21.8. The van der Waals surface area contributed by atoms with Crippen molar-refractivity contribution in [2.75, 3.05) is 13.4 Å². The third kappa shape index (κ3) is 9.00. The number of hydrogen-bond donors (Lipinski definition) is 2. The summed E-state index contributed by atoms with van der Waals surface area (Å²) in [6, 6.07) is 12.7. The van der Waals surface area contributed by atoms with Crippen LogP contribution in [0.4, 0.5) is 4.79 Å². The lowest BCUT2D eigenvalue weighted by atomic mass is 9.98. The predicted molar refractivity (Wildman–Crippen MR) is 137 cm³/mol. The van der Waals surface area contributed by atoms with Gasteiger partial charge < -0.3 is 29.6 Å². The Morgan fingerprint density at radius 3 is 2.24 bits per heavy atom. The average molecular weight is 513 g/mol. The van der Waals surface area contributed by atoms with E-state index >= 15 is 0 Å². The molecule has 0 radical (unpaired) electrons. The van der Waals surface area contributed by atoms with Gasteiger partial charge in [-0.2, -0.15) is 0 Å². The van der Waals surface area contributed by atoms with Crippen molar-refractivity contribution in [2.24, 2.45) is 11.8 Å². The molecule has 0 saturated carbocycles. The molecule has 9 nitrogen and oxygen atoms in total. The van der Waals surface area contributed by atoms with Crippen LogP contribution in [0.25, 0.3) is 0 Å². The van der Waals surface area contributed by atoms with E-state index in [0.717, 1.165) is 5.56 Å². The largest absolute Gasteiger partial charge is 0.486 e. The van der Waals surface area contributed by atoms with Gasteiger partial charge in [0.25, 0.3) is 0 Å². The Morgan fingerprint density at radius 1 is 0.865 bits per heavy atom. The van der Waals surface area contributed by atoms with Gasteiger partial charge in [0, 0.05) is 6.07 Å². The number of nitrogens with one attached hydrogen (secondary N) is 2. The Morgan fingerprint density at radius 2 is 1.54 bits per heavy atom. The number of amides is 2. The molecule has 0 saturated heterocycles. The fourth-order valence-electron chi connectivity index (χ4n) is 3.85. The lowest BCUT2D eigenvalue weighted by molar-refractivity contribution is -0.130. The molecule has 0 unspecified atom stereocenters. The highest BCUT2D eigenvalue weighted by Crippen LogP contribution is 2.35. The van der Waals surface area contributed by atoms with E-state index in [9.17, 15) is 14.4 Å². The van der Waals surface area contributed by atoms with Gasteiger partial charge in [0.15, 0.2) is 17.3 Å². The highest BCUT2D eigenvalue weighted by molar-refractivity contribution is 5.92. The highest BCUT2D eigenvalue weighted by atomic mass is 16.7. The van der Waals surface area contributed by atoms with Crippen molar-refractivity contribution >= 4 is 17.8 Å². The maximum absolute atomic E-state index is 13.2. The number of carbonyl (C=O) groups is 3. The Kier molecular flexibility index (Phi) is 10.2. The van der Waals surface area contributed by atoms with E-state index in [2.05, 4.69) is 10.6 Å². The van der Waals surface area contributed by atoms with E-state index in [1.807, 2.05) is 58.0 Å². The average Bonchev–Trinajstić information content (AvgIpc) is 3.33. The molecule has 200 valence electrons. The van der Waals surface area contributed by atoms with E-state index in [1.54, 1.807) is 18.2 Å². The molecule has 0 spiro atoms. The minimum absolute atomic E-state index is 0.0916. The number of ketones is 1. The van der Waals surface area contributed by atoms with Crippen molar-refractivity contribution in [3.05, 3.63) is 54.1 Å². The lowest BCUT2D eigenvalue weighted by Gasteiger charge is -2.24. The van der Waals surface area contributed by atoms with E-state index in [4.69, 9.17) is 18.9 Å². The molecule has 37 heavy (non-hydrogen) atoms. The molecule has 1 heterocycles. The first-order valence-electron chi connectivity index (χ1n) is 12.5. The topological polar surface area (TPSA) is 112 Å². The summed E-state index contributed by atoms with van der Waals surface area (Å²) in [7, 11) is 0. The first-order chi connectivity index (χ1) is 17.7. The summed E-state index contributed by atoms with van der Waals surface area (Å²) in [6.45, 7) is 7.85. The summed E-state index contributed by atoms with van der Waals surface area (Å²) in [5.41, 5.74) is 0.840. The minimum Gasteiger partial charge on any atom is -0.486 e. The molecule has 1 aliphatic heterocycles. The van der Waals surface area contributed by atoms with Gasteiger partial charge in [0.2, 0.25) is 12.7 Å². The normalized spacial score (nSPS) is 13.7. The lowest BCUT2D eigenvalue weighted by Crippen LogP contribution is -2.53. The molecule has 9 heteroatoms. The Labute approximate surface area is 217 Å². The van der Waals surface area contributed by atoms with E-state index in [1.165, 1.54) is 0 Å². The predicted octanol–water partition coefficient (Wildman–Crippen LogP) is 4.24. The molecule has 2 aromatic carbocycles. The van der Waals surface area contributed by atoms with Crippen LogP contribution in [0.3, 0.4) is 0 Å². The van der Waals surface area contributed by atoms with Gasteiger partial charge in [-0.25, -0.2) is 4.79 Å². The van der Waals surface area contributed by atoms with Crippen LogP contribution in [0.1, 0.15) is 46.1 Å². The molecule has 0 fully saturated rings. The van der Waals surface area contributed by atoms with Crippen LogP contribution in [0.2, 0.25) is 0 Å². The molecule has 2 amide bonds. The molecule has 1 aliphatic rings. The van der Waals surface area contributed by atoms with Crippen molar-refractivity contribution in [1.82, 2.24) is 10.6 Å². The van der Waals surface area contributed by atoms with Gasteiger partial charge in [-0.3, -0.25) is 9.59 Å². The van der Waals surface area contributed by atoms with Crippen LogP contribution in [-0.4, -0.2) is 43.3 Å². The quantitative estimate of drug-likeness (QED) is 0.413. The third-order valence-corrected chi connectivity index (χ3v) is 5.67. The second-order valence-corrected chi connectivity index (χ2v) is 9.85. The van der Waals surface area contributed by atoms with Gasteiger partial charge in [-0.05, 0) is 42.4 Å². The van der Waals surface area contributed by atoms with Gasteiger partial charge >= 0.3 is 6.09 Å². The number of ether oxygens (including phenoxy) is 4. The molecule has 0 aliphatic carbocycles. The number of fused-ring (bicyclic) bond motifs is 1. The number of hydrogen-bond acceptors (Lipinski definition) is 7. The molecule has 0 bridgehead atoms. The Bertz CT molecular complexity index is 1060. The van der Waals surface area contributed by atoms with E-state index < -0.39 is 24.1 Å². The van der Waals surface area contributed by atoms with Crippen LogP contribution >= 0.6 is 0 Å². The standard InChI is InChI=1S/C28H36N2O7/c1-18(2)12-22(24(31)16-34-21-10-11-25-26(14-21)37-17-36-25)29-27(32)23(13-19(3)4)30-28(33)35-15-20-8-6-5-7-9-20/h5-11,14,18-19,22-23H,12-13,15-17H2,1-4H3,(H,29,32)(H,30,33)/t22-,23-/m0/s1. The van der Waals surface area contributed by atoms with E-state index in [-0.39, 0.29) is 37.6 Å². The molecular weight excluding hydrogens is 476 g/mol. The maximum atomic E-state index is 13.2. The molecule has 2 N–H and O–H groups in total. The van der Waals surface area contributed by atoms with Gasteiger partial charge in [-0.15, -0.1) is 0 Å². The SMILES string of the molecule is CC(C)C[C@H](NC(=O)[C@H](CC(C)C)NC(=O)OCc1ccccc1)C(=O)COc1ccc2c(c1)OCO2. The maximum Gasteiger partial charge on any atom is 0.408 e. The second kappa shape index (κ2) is 13.5. The summed E-state index contributed by atoms with van der Waals surface area (Å²) in [5, 5.41) is 5.48. The zero-order chi connectivity index (χ0) is 26.8. The fourth-order valence-corrected chi connectivity index (χ4v) is 3.85. The Hall–Kier alpha value is -3.75. The molecular formula is C28H36N2O7. The molecule has 2 aromatic rings. The summed E-state index contributed by atoms with van der Waals surface area (Å²) >= 11 is 0. The molecule has 3 rings (SSSR count). The zero-order valence-corrected chi connectivity index (χ0v) is 21.8. The van der Waals surface area contributed by atoms with Crippen LogP contribution in [0, 0.1) is 11.8 Å². The second-order valence-electron chi connectivity index (χ2n) is 9.85. The van der Waals surface area contributed by atoms with Gasteiger partial charge in [0.05, 0.1) is 6.04 Å².